The Morgan fingerprint density at radius 3 is 1.79 bits per heavy atom. The Balaban J connectivity index is 2.05. The molecule has 0 fully saturated rings. The van der Waals surface area contributed by atoms with E-state index in [0.717, 1.165) is 33.4 Å². The Hall–Kier alpha value is -2.42. The number of halogens is 2. The van der Waals surface area contributed by atoms with Gasteiger partial charge in [0.1, 0.15) is 0 Å². The van der Waals surface area contributed by atoms with E-state index >= 15 is 0 Å². The van der Waals surface area contributed by atoms with Crippen LogP contribution in [0, 0.1) is 27.7 Å². The van der Waals surface area contributed by atoms with Gasteiger partial charge in [-0.3, -0.25) is 0 Å². The van der Waals surface area contributed by atoms with E-state index in [9.17, 15) is 0 Å². The number of aromatic nitrogens is 2. The SMILES string of the molecule is CC1=Nc2cncnc2N=C(C)c2cc(C)cc(C)c2[O][Ge]([Cl])([Cl])[O]c2c(C)cc(C)cc21. The molecular weight excluding hydrogens is 520 g/mol. The number of nitrogens with zero attached hydrogens (tertiary/aromatic N) is 4. The summed E-state index contributed by atoms with van der Waals surface area (Å²) in [6, 6.07) is 8.02. The molecule has 0 unspecified atom stereocenters. The number of aliphatic imine (C=N–C) groups is 2. The molecule has 0 atom stereocenters. The van der Waals surface area contributed by atoms with E-state index < -0.39 is 12.1 Å². The van der Waals surface area contributed by atoms with E-state index in [4.69, 9.17) is 37.5 Å². The first kappa shape index (κ1) is 23.7. The summed E-state index contributed by atoms with van der Waals surface area (Å²) in [6.07, 6.45) is 3.11. The fraction of sp³-hybridized carbons (Fsp3) is 0.250. The second-order valence-electron chi connectivity index (χ2n) is 8.21. The van der Waals surface area contributed by atoms with Crippen LogP contribution >= 0.6 is 20.0 Å². The molecule has 0 amide bonds. The van der Waals surface area contributed by atoms with Crippen molar-refractivity contribution in [1.82, 2.24) is 9.97 Å². The molecule has 1 aliphatic rings. The van der Waals surface area contributed by atoms with Crippen LogP contribution in [0.1, 0.15) is 47.2 Å². The van der Waals surface area contributed by atoms with E-state index in [-0.39, 0.29) is 0 Å². The van der Waals surface area contributed by atoms with Gasteiger partial charge in [-0.15, -0.1) is 0 Å². The van der Waals surface area contributed by atoms with Gasteiger partial charge in [-0.1, -0.05) is 0 Å². The number of benzene rings is 2. The monoisotopic (exact) mass is 544 g/mol. The molecule has 33 heavy (non-hydrogen) atoms. The Morgan fingerprint density at radius 2 is 1.24 bits per heavy atom. The van der Waals surface area contributed by atoms with Gasteiger partial charge in [0.25, 0.3) is 0 Å². The van der Waals surface area contributed by atoms with Crippen LogP contribution in [0.15, 0.2) is 46.8 Å². The number of fused-ring (bicyclic) bond motifs is 3. The molecule has 1 aromatic heterocycles. The summed E-state index contributed by atoms with van der Waals surface area (Å²) in [5.41, 5.74) is 7.42. The van der Waals surface area contributed by atoms with Gasteiger partial charge >= 0.3 is 206 Å². The molecule has 0 aliphatic carbocycles. The van der Waals surface area contributed by atoms with E-state index in [1.54, 1.807) is 6.20 Å². The average molecular weight is 544 g/mol. The second kappa shape index (κ2) is 9.08. The van der Waals surface area contributed by atoms with E-state index in [2.05, 4.69) is 9.97 Å². The zero-order valence-electron chi connectivity index (χ0n) is 19.3. The van der Waals surface area contributed by atoms with Crippen LogP contribution < -0.4 is 7.53 Å². The zero-order valence-corrected chi connectivity index (χ0v) is 22.9. The molecule has 0 radical (unpaired) electrons. The molecule has 2 aromatic carbocycles. The van der Waals surface area contributed by atoms with Gasteiger partial charge in [-0.05, 0) is 0 Å². The molecule has 0 spiro atoms. The Labute approximate surface area is 205 Å². The summed E-state index contributed by atoms with van der Waals surface area (Å²) in [6.45, 7) is 11.7. The Bertz CT molecular complexity index is 1220. The van der Waals surface area contributed by atoms with E-state index in [1.807, 2.05) is 65.8 Å². The standard InChI is InChI=1S/C24H24Cl2GeN4O2/c1-13-7-15(3)22-19(9-13)17(5)30-21-11-28-12-29-24(21)31-18(6)20-10-14(2)8-16(4)23(20)33-27(25,26)32-22/h7-12H,1-6H3. The maximum atomic E-state index is 6.78. The first-order valence-electron chi connectivity index (χ1n) is 10.4. The van der Waals surface area contributed by atoms with Crippen LogP contribution in [0.4, 0.5) is 11.5 Å². The van der Waals surface area contributed by atoms with Gasteiger partial charge in [0.2, 0.25) is 0 Å². The summed E-state index contributed by atoms with van der Waals surface area (Å²) in [4.78, 5) is 18.1. The summed E-state index contributed by atoms with van der Waals surface area (Å²) in [7, 11) is 13.6. The minimum atomic E-state index is -4.32. The van der Waals surface area contributed by atoms with Crippen molar-refractivity contribution >= 4 is 55.0 Å². The number of hydrogen-bond acceptors (Lipinski definition) is 6. The molecule has 0 saturated carbocycles. The van der Waals surface area contributed by atoms with Crippen LogP contribution in [-0.4, -0.2) is 33.5 Å². The van der Waals surface area contributed by atoms with E-state index in [0.29, 0.717) is 34.4 Å². The van der Waals surface area contributed by atoms with Crippen LogP contribution in [0.25, 0.3) is 0 Å². The topological polar surface area (TPSA) is 69.0 Å². The van der Waals surface area contributed by atoms with Crippen molar-refractivity contribution in [2.45, 2.75) is 41.5 Å². The quantitative estimate of drug-likeness (QED) is 0.297. The molecule has 3 aromatic rings. The van der Waals surface area contributed by atoms with Crippen LogP contribution in [-0.2, 0) is 0 Å². The van der Waals surface area contributed by atoms with Crippen molar-refractivity contribution in [1.29, 1.82) is 0 Å². The molecule has 4 rings (SSSR count). The minimum absolute atomic E-state index is 0.461. The zero-order chi connectivity index (χ0) is 23.9. The average Bonchev–Trinajstić information content (AvgIpc) is 2.72. The van der Waals surface area contributed by atoms with Gasteiger partial charge in [0.05, 0.1) is 0 Å². The first-order valence-corrected chi connectivity index (χ1v) is 17.7. The van der Waals surface area contributed by atoms with Crippen molar-refractivity contribution in [2.24, 2.45) is 9.98 Å². The molecule has 0 bridgehead atoms. The third kappa shape index (κ3) is 5.08. The fourth-order valence-electron chi connectivity index (χ4n) is 3.92. The summed E-state index contributed by atoms with van der Waals surface area (Å²) >= 11 is -4.32. The van der Waals surface area contributed by atoms with Crippen molar-refractivity contribution in [2.75, 3.05) is 0 Å². The van der Waals surface area contributed by atoms with Crippen LogP contribution in [0.2, 0.25) is 0 Å². The fourth-order valence-corrected chi connectivity index (χ4v) is 7.74. The Morgan fingerprint density at radius 1 is 0.727 bits per heavy atom. The van der Waals surface area contributed by atoms with E-state index in [1.165, 1.54) is 6.33 Å². The second-order valence-corrected chi connectivity index (χ2v) is 17.2. The van der Waals surface area contributed by atoms with Crippen molar-refractivity contribution in [3.63, 3.8) is 0 Å². The summed E-state index contributed by atoms with van der Waals surface area (Å²) < 4.78 is 12.5. The summed E-state index contributed by atoms with van der Waals surface area (Å²) in [5.74, 6) is 1.58. The van der Waals surface area contributed by atoms with Gasteiger partial charge in [0.15, 0.2) is 0 Å². The molecule has 0 N–H and O–H groups in total. The third-order valence-corrected chi connectivity index (χ3v) is 8.75. The molecule has 1 aliphatic heterocycles. The number of aryl methyl sites for hydroxylation is 4. The summed E-state index contributed by atoms with van der Waals surface area (Å²) in [5, 5.41) is 0. The number of hydrogen-bond donors (Lipinski definition) is 0. The third-order valence-electron chi connectivity index (χ3n) is 5.29. The Kier molecular flexibility index (Phi) is 6.53. The normalized spacial score (nSPS) is 15.2. The van der Waals surface area contributed by atoms with Crippen LogP contribution in [0.3, 0.4) is 0 Å². The van der Waals surface area contributed by atoms with Gasteiger partial charge in [-0.2, -0.15) is 0 Å². The molecule has 6 nitrogen and oxygen atoms in total. The molecule has 2 heterocycles. The van der Waals surface area contributed by atoms with Crippen LogP contribution in [0.5, 0.6) is 11.5 Å². The van der Waals surface area contributed by atoms with Crippen molar-refractivity contribution in [3.05, 3.63) is 70.2 Å². The van der Waals surface area contributed by atoms with Gasteiger partial charge in [0, 0.05) is 0 Å². The predicted molar refractivity (Wildman–Crippen MR) is 136 cm³/mol. The molecule has 9 heteroatoms. The molecular formula is C24H24Cl2GeN4O2. The van der Waals surface area contributed by atoms with Crippen molar-refractivity contribution < 1.29 is 7.53 Å². The predicted octanol–water partition coefficient (Wildman–Crippen LogP) is 6.68. The van der Waals surface area contributed by atoms with Crippen molar-refractivity contribution in [3.8, 4) is 11.5 Å². The van der Waals surface area contributed by atoms with Gasteiger partial charge < -0.3 is 0 Å². The first-order chi connectivity index (χ1) is 15.5. The number of rotatable bonds is 0. The molecule has 170 valence electrons. The molecule has 0 saturated heterocycles. The van der Waals surface area contributed by atoms with Gasteiger partial charge in [-0.25, -0.2) is 0 Å². The maximum absolute atomic E-state index is 6.78.